The third-order valence-corrected chi connectivity index (χ3v) is 7.91. The minimum Gasteiger partial charge on any atom is -0.543 e. The second-order valence-electron chi connectivity index (χ2n) is 6.13. The molecule has 17 heavy (non-hydrogen) atoms. The Labute approximate surface area is 106 Å². The summed E-state index contributed by atoms with van der Waals surface area (Å²) in [5.74, 6) is 0.846. The summed E-state index contributed by atoms with van der Waals surface area (Å²) in [5.41, 5.74) is 2.04. The van der Waals surface area contributed by atoms with Crippen molar-refractivity contribution in [2.75, 3.05) is 0 Å². The molecule has 0 aliphatic carbocycles. The lowest BCUT2D eigenvalue weighted by atomic mass is 10.1. The van der Waals surface area contributed by atoms with Crippen LogP contribution < -0.4 is 4.43 Å². The van der Waals surface area contributed by atoms with E-state index >= 15 is 0 Å². The molecule has 0 bridgehead atoms. The summed E-state index contributed by atoms with van der Waals surface area (Å²) < 4.78 is 6.25. The molecule has 0 amide bonds. The molecule has 0 radical (unpaired) electrons. The maximum atomic E-state index is 9.34. The third-order valence-electron chi connectivity index (χ3n) is 3.56. The van der Waals surface area contributed by atoms with Gasteiger partial charge in [0, 0.05) is 5.56 Å². The van der Waals surface area contributed by atoms with Gasteiger partial charge in [0.1, 0.15) is 5.75 Å². The number of aliphatic hydroxyl groups is 1. The van der Waals surface area contributed by atoms with E-state index in [4.69, 9.17) is 4.43 Å². The van der Waals surface area contributed by atoms with Gasteiger partial charge < -0.3 is 9.53 Å². The zero-order valence-electron chi connectivity index (χ0n) is 11.8. The fourth-order valence-corrected chi connectivity index (χ4v) is 2.36. The number of aryl methyl sites for hydroxylation is 1. The molecule has 0 fully saturated rings. The first-order valence-corrected chi connectivity index (χ1v) is 8.97. The van der Waals surface area contributed by atoms with E-state index < -0.39 is 8.32 Å². The van der Waals surface area contributed by atoms with E-state index in [0.717, 1.165) is 16.9 Å². The van der Waals surface area contributed by atoms with Crippen LogP contribution in [-0.2, 0) is 6.61 Å². The van der Waals surface area contributed by atoms with Gasteiger partial charge in [-0.15, -0.1) is 0 Å². The van der Waals surface area contributed by atoms with Crippen LogP contribution in [0.25, 0.3) is 0 Å². The molecule has 0 atom stereocenters. The monoisotopic (exact) mass is 252 g/mol. The summed E-state index contributed by atoms with van der Waals surface area (Å²) >= 11 is 0. The van der Waals surface area contributed by atoms with Crippen molar-refractivity contribution in [2.24, 2.45) is 0 Å². The summed E-state index contributed by atoms with van der Waals surface area (Å²) in [6.07, 6.45) is 0. The summed E-state index contributed by atoms with van der Waals surface area (Å²) in [6, 6.07) is 5.97. The predicted octanol–water partition coefficient (Wildman–Crippen LogP) is 3.87. The molecule has 0 aliphatic heterocycles. The molecule has 1 aromatic carbocycles. The topological polar surface area (TPSA) is 29.5 Å². The lowest BCUT2D eigenvalue weighted by Crippen LogP contribution is -2.44. The van der Waals surface area contributed by atoms with Crippen LogP contribution in [0.1, 0.15) is 31.9 Å². The van der Waals surface area contributed by atoms with Crippen molar-refractivity contribution in [3.05, 3.63) is 29.3 Å². The van der Waals surface area contributed by atoms with E-state index in [1.165, 1.54) is 0 Å². The molecule has 0 aromatic heterocycles. The first kappa shape index (κ1) is 14.3. The highest BCUT2D eigenvalue weighted by atomic mass is 28.4. The van der Waals surface area contributed by atoms with Crippen LogP contribution in [0.15, 0.2) is 18.2 Å². The van der Waals surface area contributed by atoms with Crippen molar-refractivity contribution in [1.29, 1.82) is 0 Å². The minimum atomic E-state index is -1.83. The second kappa shape index (κ2) is 4.82. The molecule has 1 N–H and O–H groups in total. The largest absolute Gasteiger partial charge is 0.543 e. The van der Waals surface area contributed by atoms with Crippen molar-refractivity contribution < 1.29 is 9.53 Å². The van der Waals surface area contributed by atoms with Crippen molar-refractivity contribution >= 4 is 8.32 Å². The van der Waals surface area contributed by atoms with Gasteiger partial charge >= 0.3 is 0 Å². The van der Waals surface area contributed by atoms with E-state index in [0.29, 0.717) is 0 Å². The molecule has 3 heteroatoms. The van der Waals surface area contributed by atoms with Gasteiger partial charge in [-0.05, 0) is 36.7 Å². The van der Waals surface area contributed by atoms with Gasteiger partial charge in [0.15, 0.2) is 0 Å². The zero-order chi connectivity index (χ0) is 13.3. The van der Waals surface area contributed by atoms with Gasteiger partial charge in [-0.3, -0.25) is 0 Å². The Kier molecular flexibility index (Phi) is 4.05. The predicted molar refractivity (Wildman–Crippen MR) is 74.9 cm³/mol. The molecule has 2 nitrogen and oxygen atoms in total. The maximum Gasteiger partial charge on any atom is 0.250 e. The van der Waals surface area contributed by atoms with Gasteiger partial charge in [0.25, 0.3) is 0 Å². The van der Waals surface area contributed by atoms with Crippen LogP contribution in [0.3, 0.4) is 0 Å². The van der Waals surface area contributed by atoms with E-state index in [2.05, 4.69) is 33.9 Å². The molecule has 1 aromatic rings. The van der Waals surface area contributed by atoms with Crippen LogP contribution in [0.2, 0.25) is 18.1 Å². The molecule has 0 unspecified atom stereocenters. The number of aliphatic hydroxyl groups excluding tert-OH is 1. The Hall–Kier alpha value is -0.803. The fraction of sp³-hybridized carbons (Fsp3) is 0.571. The highest BCUT2D eigenvalue weighted by molar-refractivity contribution is 6.74. The van der Waals surface area contributed by atoms with Gasteiger partial charge in [-0.2, -0.15) is 0 Å². The lowest BCUT2D eigenvalue weighted by molar-refractivity contribution is 0.277. The molecule has 96 valence electrons. The van der Waals surface area contributed by atoms with Crippen molar-refractivity contribution in [2.45, 2.75) is 52.4 Å². The van der Waals surface area contributed by atoms with Crippen LogP contribution in [0, 0.1) is 6.92 Å². The Morgan fingerprint density at radius 1 is 1.24 bits per heavy atom. The maximum absolute atomic E-state index is 9.34. The minimum absolute atomic E-state index is 0.0320. The number of hydrogen-bond donors (Lipinski definition) is 1. The first-order valence-electron chi connectivity index (χ1n) is 6.07. The van der Waals surface area contributed by atoms with Crippen molar-refractivity contribution in [3.63, 3.8) is 0 Å². The summed E-state index contributed by atoms with van der Waals surface area (Å²) in [6.45, 7) is 13.2. The number of hydrogen-bond acceptors (Lipinski definition) is 2. The zero-order valence-corrected chi connectivity index (χ0v) is 12.8. The average molecular weight is 252 g/mol. The van der Waals surface area contributed by atoms with Crippen LogP contribution in [-0.4, -0.2) is 13.4 Å². The van der Waals surface area contributed by atoms with Crippen molar-refractivity contribution in [3.8, 4) is 5.75 Å². The Morgan fingerprint density at radius 3 is 2.29 bits per heavy atom. The molecule has 1 rings (SSSR count). The van der Waals surface area contributed by atoms with E-state index in [1.54, 1.807) is 0 Å². The van der Waals surface area contributed by atoms with Gasteiger partial charge in [-0.1, -0.05) is 32.9 Å². The normalized spacial score (nSPS) is 12.6. The number of rotatable bonds is 3. The summed E-state index contributed by atoms with van der Waals surface area (Å²) in [4.78, 5) is 0. The summed E-state index contributed by atoms with van der Waals surface area (Å²) in [5, 5.41) is 9.51. The molecular formula is C14H24O2Si. The number of benzene rings is 1. The third kappa shape index (κ3) is 3.33. The second-order valence-corrected chi connectivity index (χ2v) is 10.9. The average Bonchev–Trinajstić information content (AvgIpc) is 2.15. The van der Waals surface area contributed by atoms with E-state index in [-0.39, 0.29) is 11.6 Å². The Balaban J connectivity index is 3.06. The highest BCUT2D eigenvalue weighted by Gasteiger charge is 2.39. The van der Waals surface area contributed by atoms with Gasteiger partial charge in [0.2, 0.25) is 8.32 Å². The van der Waals surface area contributed by atoms with E-state index in [1.807, 2.05) is 25.1 Å². The molecule has 0 spiro atoms. The van der Waals surface area contributed by atoms with Crippen molar-refractivity contribution in [1.82, 2.24) is 0 Å². The molecular weight excluding hydrogens is 228 g/mol. The van der Waals surface area contributed by atoms with E-state index in [9.17, 15) is 5.11 Å². The van der Waals surface area contributed by atoms with Gasteiger partial charge in [0.05, 0.1) is 6.61 Å². The highest BCUT2D eigenvalue weighted by Crippen LogP contribution is 2.38. The first-order chi connectivity index (χ1) is 7.67. The van der Waals surface area contributed by atoms with Crippen LogP contribution in [0.4, 0.5) is 0 Å². The quantitative estimate of drug-likeness (QED) is 0.827. The molecule has 0 saturated heterocycles. The molecule has 0 saturated carbocycles. The van der Waals surface area contributed by atoms with Crippen LogP contribution in [0.5, 0.6) is 5.75 Å². The Morgan fingerprint density at radius 2 is 1.82 bits per heavy atom. The standard InChI is InChI=1S/C14H24O2Si/c1-11-7-8-12(10-15)13(9-11)16-17(5,6)14(2,3)4/h7-9,15H,10H2,1-6H3. The molecule has 0 aliphatic rings. The molecule has 0 heterocycles. The van der Waals surface area contributed by atoms with Gasteiger partial charge in [-0.25, -0.2) is 0 Å². The fourth-order valence-electron chi connectivity index (χ4n) is 1.32. The summed E-state index contributed by atoms with van der Waals surface area (Å²) in [7, 11) is -1.83. The lowest BCUT2D eigenvalue weighted by Gasteiger charge is -2.37. The van der Waals surface area contributed by atoms with Crippen LogP contribution >= 0.6 is 0 Å². The Bertz CT molecular complexity index is 392. The SMILES string of the molecule is Cc1ccc(CO)c(O[Si](C)(C)C(C)(C)C)c1. The smallest absolute Gasteiger partial charge is 0.250 e.